The van der Waals surface area contributed by atoms with Crippen LogP contribution in [-0.2, 0) is 6.54 Å². The lowest BCUT2D eigenvalue weighted by Gasteiger charge is -2.17. The van der Waals surface area contributed by atoms with E-state index in [4.69, 9.17) is 16.3 Å². The van der Waals surface area contributed by atoms with Gasteiger partial charge >= 0.3 is 0 Å². The van der Waals surface area contributed by atoms with E-state index < -0.39 is 0 Å². The summed E-state index contributed by atoms with van der Waals surface area (Å²) in [5, 5.41) is 3.92. The molecule has 0 radical (unpaired) electrons. The van der Waals surface area contributed by atoms with Crippen molar-refractivity contribution in [3.8, 4) is 5.75 Å². The Morgan fingerprint density at radius 3 is 2.77 bits per heavy atom. The summed E-state index contributed by atoms with van der Waals surface area (Å²) in [5.41, 5.74) is 1.61. The van der Waals surface area contributed by atoms with E-state index >= 15 is 0 Å². The zero-order chi connectivity index (χ0) is 18.5. The first kappa shape index (κ1) is 18.5. The molecule has 0 unspecified atom stereocenters. The number of halogens is 1. The summed E-state index contributed by atoms with van der Waals surface area (Å²) in [6.07, 6.45) is 3.90. The van der Waals surface area contributed by atoms with Crippen molar-refractivity contribution < 1.29 is 9.53 Å². The average Bonchev–Trinajstić information content (AvgIpc) is 3.16. The minimum atomic E-state index is 0.0690. The number of pyridine rings is 1. The van der Waals surface area contributed by atoms with Gasteiger partial charge in [-0.3, -0.25) is 4.79 Å². The fraction of sp³-hybridized carbons (Fsp3) is 0.400. The topological polar surface area (TPSA) is 54.5 Å². The highest BCUT2D eigenvalue weighted by atomic mass is 35.5. The number of hydrogen-bond donors (Lipinski definition) is 1. The highest BCUT2D eigenvalue weighted by Crippen LogP contribution is 2.25. The van der Waals surface area contributed by atoms with Crippen molar-refractivity contribution in [1.82, 2.24) is 9.88 Å². The molecular formula is C20H24ClN3O2. The summed E-state index contributed by atoms with van der Waals surface area (Å²) < 4.78 is 5.84. The van der Waals surface area contributed by atoms with Crippen LogP contribution in [0.3, 0.4) is 0 Å². The van der Waals surface area contributed by atoms with Crippen LogP contribution < -0.4 is 10.1 Å². The number of nitrogens with zero attached hydrogens (tertiary/aromatic N) is 2. The Labute approximate surface area is 159 Å². The fourth-order valence-corrected chi connectivity index (χ4v) is 3.20. The smallest absolute Gasteiger partial charge is 0.254 e. The van der Waals surface area contributed by atoms with Crippen LogP contribution in [-0.4, -0.2) is 35.0 Å². The third-order valence-electron chi connectivity index (χ3n) is 4.25. The molecule has 1 fully saturated rings. The molecule has 0 bridgehead atoms. The maximum Gasteiger partial charge on any atom is 0.254 e. The standard InChI is InChI=1S/C20H24ClN3O2/c1-14(2)26-18-6-5-17(21)11-16(18)13-23-19-12-15(7-8-22-19)20(25)24-9-3-4-10-24/h5-8,11-12,14H,3-4,9-10,13H2,1-2H3,(H,22,23). The monoisotopic (exact) mass is 373 g/mol. The molecule has 2 heterocycles. The van der Waals surface area contributed by atoms with E-state index in [-0.39, 0.29) is 12.0 Å². The number of ether oxygens (including phenoxy) is 1. The molecule has 5 nitrogen and oxygen atoms in total. The molecule has 138 valence electrons. The number of nitrogens with one attached hydrogen (secondary N) is 1. The van der Waals surface area contributed by atoms with Gasteiger partial charge in [-0.2, -0.15) is 0 Å². The molecule has 0 aliphatic carbocycles. The van der Waals surface area contributed by atoms with Gasteiger partial charge in [0.25, 0.3) is 5.91 Å². The van der Waals surface area contributed by atoms with Gasteiger partial charge in [-0.25, -0.2) is 4.98 Å². The fourth-order valence-electron chi connectivity index (χ4n) is 3.00. The van der Waals surface area contributed by atoms with Crippen LogP contribution in [0.1, 0.15) is 42.6 Å². The maximum atomic E-state index is 12.5. The number of likely N-dealkylation sites (tertiary alicyclic amines) is 1. The van der Waals surface area contributed by atoms with Crippen molar-refractivity contribution in [2.24, 2.45) is 0 Å². The average molecular weight is 374 g/mol. The van der Waals surface area contributed by atoms with Gasteiger partial charge in [0.2, 0.25) is 0 Å². The van der Waals surface area contributed by atoms with Gasteiger partial charge in [0, 0.05) is 42.0 Å². The lowest BCUT2D eigenvalue weighted by molar-refractivity contribution is 0.0792. The molecule has 6 heteroatoms. The van der Waals surface area contributed by atoms with Crippen molar-refractivity contribution >= 4 is 23.3 Å². The molecule has 1 aromatic carbocycles. The minimum Gasteiger partial charge on any atom is -0.491 e. The molecule has 3 rings (SSSR count). The van der Waals surface area contributed by atoms with Crippen molar-refractivity contribution in [3.05, 3.63) is 52.7 Å². The molecule has 0 atom stereocenters. The number of carbonyl (C=O) groups excluding carboxylic acids is 1. The second-order valence-electron chi connectivity index (χ2n) is 6.70. The summed E-state index contributed by atoms with van der Waals surface area (Å²) in [5.74, 6) is 1.52. The molecule has 1 amide bonds. The third-order valence-corrected chi connectivity index (χ3v) is 4.48. The summed E-state index contributed by atoms with van der Waals surface area (Å²) in [4.78, 5) is 18.7. The molecule has 1 aliphatic rings. The first-order chi connectivity index (χ1) is 12.5. The lowest BCUT2D eigenvalue weighted by atomic mass is 10.2. The number of amides is 1. The van der Waals surface area contributed by atoms with E-state index in [2.05, 4.69) is 10.3 Å². The van der Waals surface area contributed by atoms with Crippen molar-refractivity contribution in [2.75, 3.05) is 18.4 Å². The molecule has 2 aromatic rings. The van der Waals surface area contributed by atoms with Crippen LogP contribution in [0, 0.1) is 0 Å². The van der Waals surface area contributed by atoms with Crippen molar-refractivity contribution in [2.45, 2.75) is 39.3 Å². The zero-order valence-electron chi connectivity index (χ0n) is 15.2. The number of hydrogen-bond acceptors (Lipinski definition) is 4. The zero-order valence-corrected chi connectivity index (χ0v) is 15.9. The first-order valence-corrected chi connectivity index (χ1v) is 9.35. The number of benzene rings is 1. The Kier molecular flexibility index (Phi) is 5.99. The van der Waals surface area contributed by atoms with E-state index in [1.165, 1.54) is 0 Å². The van der Waals surface area contributed by atoms with Gasteiger partial charge in [0.15, 0.2) is 0 Å². The highest BCUT2D eigenvalue weighted by Gasteiger charge is 2.19. The van der Waals surface area contributed by atoms with Gasteiger partial charge in [0.1, 0.15) is 11.6 Å². The Morgan fingerprint density at radius 2 is 2.04 bits per heavy atom. The second-order valence-corrected chi connectivity index (χ2v) is 7.14. The van der Waals surface area contributed by atoms with Gasteiger partial charge in [-0.05, 0) is 57.0 Å². The van der Waals surface area contributed by atoms with Gasteiger partial charge in [0.05, 0.1) is 6.10 Å². The molecule has 1 aliphatic heterocycles. The first-order valence-electron chi connectivity index (χ1n) is 8.97. The number of aromatic nitrogens is 1. The van der Waals surface area contributed by atoms with E-state index in [1.54, 1.807) is 18.3 Å². The number of carbonyl (C=O) groups is 1. The molecule has 26 heavy (non-hydrogen) atoms. The summed E-state index contributed by atoms with van der Waals surface area (Å²) in [6, 6.07) is 9.13. The quantitative estimate of drug-likeness (QED) is 0.816. The Hall–Kier alpha value is -2.27. The Morgan fingerprint density at radius 1 is 1.27 bits per heavy atom. The van der Waals surface area contributed by atoms with Crippen LogP contribution in [0.5, 0.6) is 5.75 Å². The predicted octanol–water partition coefficient (Wildman–Crippen LogP) is 4.37. The van der Waals surface area contributed by atoms with Crippen LogP contribution >= 0.6 is 11.6 Å². The molecule has 1 saturated heterocycles. The maximum absolute atomic E-state index is 12.5. The van der Waals surface area contributed by atoms with E-state index in [9.17, 15) is 4.79 Å². The largest absolute Gasteiger partial charge is 0.491 e. The third kappa shape index (κ3) is 4.67. The number of anilines is 1. The predicted molar refractivity (Wildman–Crippen MR) is 104 cm³/mol. The summed E-state index contributed by atoms with van der Waals surface area (Å²) in [6.45, 7) is 6.16. The van der Waals surface area contributed by atoms with Crippen LogP contribution in [0.2, 0.25) is 5.02 Å². The van der Waals surface area contributed by atoms with Crippen LogP contribution in [0.25, 0.3) is 0 Å². The molecule has 1 aromatic heterocycles. The normalized spacial score (nSPS) is 13.9. The summed E-state index contributed by atoms with van der Waals surface area (Å²) in [7, 11) is 0. The molecule has 0 spiro atoms. The van der Waals surface area contributed by atoms with Crippen LogP contribution in [0.15, 0.2) is 36.5 Å². The second kappa shape index (κ2) is 8.41. The highest BCUT2D eigenvalue weighted by molar-refractivity contribution is 6.30. The van der Waals surface area contributed by atoms with Crippen molar-refractivity contribution in [1.29, 1.82) is 0 Å². The summed E-state index contributed by atoms with van der Waals surface area (Å²) >= 11 is 6.13. The SMILES string of the molecule is CC(C)Oc1ccc(Cl)cc1CNc1cc(C(=O)N2CCCC2)ccn1. The molecule has 1 N–H and O–H groups in total. The van der Waals surface area contributed by atoms with E-state index in [0.29, 0.717) is 22.9 Å². The Bertz CT molecular complexity index is 773. The lowest BCUT2D eigenvalue weighted by Crippen LogP contribution is -2.27. The van der Waals surface area contributed by atoms with Gasteiger partial charge in [-0.1, -0.05) is 11.6 Å². The molecular weight excluding hydrogens is 350 g/mol. The van der Waals surface area contributed by atoms with E-state index in [0.717, 1.165) is 37.2 Å². The number of rotatable bonds is 6. The molecule has 0 saturated carbocycles. The van der Waals surface area contributed by atoms with Crippen molar-refractivity contribution in [3.63, 3.8) is 0 Å². The van der Waals surface area contributed by atoms with Gasteiger partial charge < -0.3 is 15.0 Å². The Balaban J connectivity index is 1.71. The minimum absolute atomic E-state index is 0.0690. The van der Waals surface area contributed by atoms with E-state index in [1.807, 2.05) is 36.9 Å². The van der Waals surface area contributed by atoms with Gasteiger partial charge in [-0.15, -0.1) is 0 Å². The van der Waals surface area contributed by atoms with Crippen LogP contribution in [0.4, 0.5) is 5.82 Å².